The van der Waals surface area contributed by atoms with Crippen LogP contribution in [0, 0.1) is 0 Å². The van der Waals surface area contributed by atoms with Crippen LogP contribution in [-0.4, -0.2) is 53.4 Å². The maximum Gasteiger partial charge on any atom is 0.308 e. The van der Waals surface area contributed by atoms with Gasteiger partial charge < -0.3 is 24.3 Å². The van der Waals surface area contributed by atoms with Crippen LogP contribution in [0.5, 0.6) is 11.5 Å². The second-order valence-corrected chi connectivity index (χ2v) is 12.1. The van der Waals surface area contributed by atoms with Crippen LogP contribution in [-0.2, 0) is 32.1 Å². The van der Waals surface area contributed by atoms with Crippen LogP contribution in [0.4, 0.5) is 0 Å². The third-order valence-electron chi connectivity index (χ3n) is 8.22. The van der Waals surface area contributed by atoms with Gasteiger partial charge in [0.1, 0.15) is 11.5 Å². The van der Waals surface area contributed by atoms with Crippen LogP contribution >= 0.6 is 0 Å². The molecule has 0 aliphatic carbocycles. The number of hydrogen-bond acceptors (Lipinski definition) is 6. The first-order valence-corrected chi connectivity index (χ1v) is 16.8. The summed E-state index contributed by atoms with van der Waals surface area (Å²) in [6.45, 7) is 6.73. The fraction of sp³-hybridized carbons (Fsp3) is 0.385. The number of hydrogen-bond donors (Lipinski definition) is 1. The summed E-state index contributed by atoms with van der Waals surface area (Å²) in [6.07, 6.45) is 6.28. The molecule has 1 N–H and O–H groups in total. The van der Waals surface area contributed by atoms with Crippen LogP contribution < -0.4 is 14.8 Å². The van der Waals surface area contributed by atoms with Crippen molar-refractivity contribution in [3.05, 3.63) is 83.9 Å². The molecule has 48 heavy (non-hydrogen) atoms. The van der Waals surface area contributed by atoms with Gasteiger partial charge in [-0.05, 0) is 78.4 Å². The zero-order valence-corrected chi connectivity index (χ0v) is 28.6. The molecule has 9 heteroatoms. The van der Waals surface area contributed by atoms with Gasteiger partial charge in [0, 0.05) is 57.9 Å². The minimum Gasteiger partial charge on any atom is -0.427 e. The van der Waals surface area contributed by atoms with Crippen molar-refractivity contribution in [3.63, 3.8) is 0 Å². The number of benzene rings is 3. The molecule has 254 valence electrons. The minimum absolute atomic E-state index is 0.113. The van der Waals surface area contributed by atoms with Crippen LogP contribution in [0.3, 0.4) is 0 Å². The maximum absolute atomic E-state index is 13.5. The summed E-state index contributed by atoms with van der Waals surface area (Å²) < 4.78 is 12.9. The maximum atomic E-state index is 13.5. The Bertz CT molecular complexity index is 1690. The van der Waals surface area contributed by atoms with Gasteiger partial charge in [-0.25, -0.2) is 0 Å². The standard InChI is InChI=1S/C39H47N3O6/c1-5-6-24-41(4)38(46)16-12-7-8-13-23-40-37(45)26-35-34-25-33(48-29(3)44)21-22-36(34)42(27-30-14-10-9-11-15-30)39(35)31-17-19-32(20-18-31)47-28(2)43/h9-11,14-15,17-22,25H,5-8,12-13,16,23-24,26-27H2,1-4H3,(H,40,45). The second kappa shape index (κ2) is 17.8. The summed E-state index contributed by atoms with van der Waals surface area (Å²) in [7, 11) is 1.87. The average Bonchev–Trinajstić information content (AvgIpc) is 3.34. The summed E-state index contributed by atoms with van der Waals surface area (Å²) in [4.78, 5) is 50.9. The Morgan fingerprint density at radius 1 is 0.792 bits per heavy atom. The largest absolute Gasteiger partial charge is 0.427 e. The van der Waals surface area contributed by atoms with E-state index in [1.54, 1.807) is 18.2 Å². The molecular weight excluding hydrogens is 606 g/mol. The quantitative estimate of drug-likeness (QED) is 0.0742. The van der Waals surface area contributed by atoms with E-state index < -0.39 is 11.9 Å². The molecule has 1 aromatic heterocycles. The van der Waals surface area contributed by atoms with Crippen LogP contribution in [0.1, 0.15) is 76.8 Å². The van der Waals surface area contributed by atoms with Crippen molar-refractivity contribution >= 4 is 34.7 Å². The molecule has 0 aliphatic heterocycles. The minimum atomic E-state index is -0.425. The number of aromatic nitrogens is 1. The first-order chi connectivity index (χ1) is 23.2. The van der Waals surface area contributed by atoms with Gasteiger partial charge in [-0.1, -0.05) is 56.5 Å². The van der Waals surface area contributed by atoms with Crippen molar-refractivity contribution in [3.8, 4) is 22.8 Å². The van der Waals surface area contributed by atoms with Crippen LogP contribution in [0.2, 0.25) is 0 Å². The second-order valence-electron chi connectivity index (χ2n) is 12.1. The first-order valence-electron chi connectivity index (χ1n) is 16.8. The number of fused-ring (bicyclic) bond motifs is 1. The van der Waals surface area contributed by atoms with Crippen molar-refractivity contribution in [2.24, 2.45) is 0 Å². The van der Waals surface area contributed by atoms with Crippen molar-refractivity contribution in [2.45, 2.75) is 78.7 Å². The molecule has 0 saturated carbocycles. The smallest absolute Gasteiger partial charge is 0.308 e. The fourth-order valence-corrected chi connectivity index (χ4v) is 5.84. The molecule has 0 unspecified atom stereocenters. The number of nitrogens with zero attached hydrogens (tertiary/aromatic N) is 2. The molecule has 0 atom stereocenters. The molecule has 4 aromatic rings. The highest BCUT2D eigenvalue weighted by molar-refractivity contribution is 5.97. The van der Waals surface area contributed by atoms with Crippen molar-refractivity contribution in [1.82, 2.24) is 14.8 Å². The van der Waals surface area contributed by atoms with Gasteiger partial charge in [0.15, 0.2) is 0 Å². The number of carbonyl (C=O) groups is 4. The van der Waals surface area contributed by atoms with Gasteiger partial charge >= 0.3 is 11.9 Å². The average molecular weight is 654 g/mol. The van der Waals surface area contributed by atoms with Gasteiger partial charge in [0.2, 0.25) is 11.8 Å². The van der Waals surface area contributed by atoms with Crippen molar-refractivity contribution in [2.75, 3.05) is 20.1 Å². The summed E-state index contributed by atoms with van der Waals surface area (Å²) in [6, 6.07) is 22.8. The molecule has 9 nitrogen and oxygen atoms in total. The van der Waals surface area contributed by atoms with E-state index in [1.165, 1.54) is 13.8 Å². The van der Waals surface area contributed by atoms with Crippen LogP contribution in [0.25, 0.3) is 22.2 Å². The summed E-state index contributed by atoms with van der Waals surface area (Å²) in [5, 5.41) is 3.90. The number of esters is 2. The van der Waals surface area contributed by atoms with E-state index in [1.807, 2.05) is 54.4 Å². The van der Waals surface area contributed by atoms with Gasteiger partial charge in [-0.3, -0.25) is 19.2 Å². The number of nitrogens with one attached hydrogen (secondary N) is 1. The molecule has 4 rings (SSSR count). The summed E-state index contributed by atoms with van der Waals surface area (Å²) >= 11 is 0. The van der Waals surface area contributed by atoms with E-state index in [9.17, 15) is 19.2 Å². The predicted molar refractivity (Wildman–Crippen MR) is 188 cm³/mol. The van der Waals surface area contributed by atoms with Gasteiger partial charge in [0.25, 0.3) is 0 Å². The molecule has 1 heterocycles. The Kier molecular flexibility index (Phi) is 13.4. The van der Waals surface area contributed by atoms with Crippen molar-refractivity contribution < 1.29 is 28.7 Å². The number of ether oxygens (including phenoxy) is 2. The lowest BCUT2D eigenvalue weighted by molar-refractivity contribution is -0.132. The van der Waals surface area contributed by atoms with E-state index in [4.69, 9.17) is 9.47 Å². The number of rotatable bonds is 17. The molecule has 0 bridgehead atoms. The number of carbonyl (C=O) groups excluding carboxylic acids is 4. The summed E-state index contributed by atoms with van der Waals surface area (Å²) in [5.74, 6) is 0.0851. The molecule has 0 aliphatic rings. The Balaban J connectivity index is 1.55. The molecule has 0 radical (unpaired) electrons. The van der Waals surface area contributed by atoms with Gasteiger partial charge in [-0.2, -0.15) is 0 Å². The molecule has 0 spiro atoms. The SMILES string of the molecule is CCCCN(C)C(=O)CCCCCCNC(=O)Cc1c(-c2ccc(OC(C)=O)cc2)n(Cc2ccccc2)c2ccc(OC(C)=O)cc12. The Hall–Kier alpha value is -4.92. The van der Waals surface area contributed by atoms with E-state index in [0.29, 0.717) is 31.0 Å². The lowest BCUT2D eigenvalue weighted by Crippen LogP contribution is -2.27. The van der Waals surface area contributed by atoms with E-state index in [-0.39, 0.29) is 18.2 Å². The Morgan fingerprint density at radius 3 is 2.15 bits per heavy atom. The highest BCUT2D eigenvalue weighted by Crippen LogP contribution is 2.37. The third kappa shape index (κ3) is 10.3. The monoisotopic (exact) mass is 653 g/mol. The number of amides is 2. The Morgan fingerprint density at radius 2 is 1.46 bits per heavy atom. The highest BCUT2D eigenvalue weighted by atomic mass is 16.5. The lowest BCUT2D eigenvalue weighted by Gasteiger charge is -2.16. The zero-order chi connectivity index (χ0) is 34.5. The predicted octanol–water partition coefficient (Wildman–Crippen LogP) is 7.07. The topological polar surface area (TPSA) is 107 Å². The fourth-order valence-electron chi connectivity index (χ4n) is 5.84. The number of unbranched alkanes of at least 4 members (excludes halogenated alkanes) is 4. The molecule has 2 amide bonds. The highest BCUT2D eigenvalue weighted by Gasteiger charge is 2.22. The molecular formula is C39H47N3O6. The zero-order valence-electron chi connectivity index (χ0n) is 28.6. The van der Waals surface area contributed by atoms with Gasteiger partial charge in [-0.15, -0.1) is 0 Å². The van der Waals surface area contributed by atoms with E-state index in [2.05, 4.69) is 28.9 Å². The Labute approximate surface area is 283 Å². The first kappa shape index (κ1) is 35.9. The van der Waals surface area contributed by atoms with Gasteiger partial charge in [0.05, 0.1) is 12.1 Å². The summed E-state index contributed by atoms with van der Waals surface area (Å²) in [5.41, 5.74) is 4.49. The van der Waals surface area contributed by atoms with Crippen molar-refractivity contribution in [1.29, 1.82) is 0 Å². The molecule has 3 aromatic carbocycles. The van der Waals surface area contributed by atoms with Crippen LogP contribution in [0.15, 0.2) is 72.8 Å². The lowest BCUT2D eigenvalue weighted by atomic mass is 10.0. The molecule has 0 saturated heterocycles. The third-order valence-corrected chi connectivity index (χ3v) is 8.22. The van der Waals surface area contributed by atoms with E-state index in [0.717, 1.165) is 78.4 Å². The molecule has 0 fully saturated rings. The normalized spacial score (nSPS) is 10.9. The van der Waals surface area contributed by atoms with E-state index >= 15 is 0 Å².